The number of nitrogens with zero attached hydrogens (tertiary/aromatic N) is 3. The molecule has 1 aromatic heterocycles. The number of benzene rings is 2. The molecule has 0 amide bonds. The Bertz CT molecular complexity index is 985. The number of morpholine rings is 1. The van der Waals surface area contributed by atoms with Gasteiger partial charge in [0.2, 0.25) is 0 Å². The van der Waals surface area contributed by atoms with Crippen LogP contribution in [0.4, 0.5) is 11.5 Å². The Morgan fingerprint density at radius 2 is 2.14 bits per heavy atom. The molecule has 1 aliphatic heterocycles. The quantitative estimate of drug-likeness (QED) is 0.704. The first-order valence-corrected chi connectivity index (χ1v) is 9.35. The molecule has 1 aliphatic rings. The van der Waals surface area contributed by atoms with E-state index in [1.807, 2.05) is 30.3 Å². The normalized spacial score (nSPS) is 16.9. The summed E-state index contributed by atoms with van der Waals surface area (Å²) in [5, 5.41) is 1.45. The lowest BCUT2D eigenvalue weighted by molar-refractivity contribution is 0.00978. The monoisotopic (exact) mass is 400 g/mol. The van der Waals surface area contributed by atoms with Crippen LogP contribution in [0.25, 0.3) is 10.9 Å². The molecule has 146 valence electrons. The van der Waals surface area contributed by atoms with Gasteiger partial charge in [-0.2, -0.15) is 0 Å². The van der Waals surface area contributed by atoms with Crippen LogP contribution in [0.3, 0.4) is 0 Å². The minimum atomic E-state index is -0.0800. The number of ether oxygens (including phenoxy) is 3. The molecule has 2 aromatic carbocycles. The topological polar surface area (TPSA) is 82.7 Å². The Morgan fingerprint density at radius 3 is 2.96 bits per heavy atom. The zero-order valence-corrected chi connectivity index (χ0v) is 16.2. The SMILES string of the molecule is COc1cc2c(N)ncnc2cc1OCC1CN(c2cccc(Cl)c2)CCO1. The summed E-state index contributed by atoms with van der Waals surface area (Å²) < 4.78 is 17.3. The van der Waals surface area contributed by atoms with Gasteiger partial charge in [0.25, 0.3) is 0 Å². The van der Waals surface area contributed by atoms with Crippen molar-refractivity contribution in [1.82, 2.24) is 9.97 Å². The molecule has 0 bridgehead atoms. The summed E-state index contributed by atoms with van der Waals surface area (Å²) in [6.45, 7) is 2.54. The van der Waals surface area contributed by atoms with Crippen LogP contribution in [0.5, 0.6) is 11.5 Å². The molecule has 1 fully saturated rings. The lowest BCUT2D eigenvalue weighted by Gasteiger charge is -2.34. The molecule has 3 aromatic rings. The molecule has 0 radical (unpaired) electrons. The second kappa shape index (κ2) is 8.08. The Labute approximate surface area is 168 Å². The maximum absolute atomic E-state index is 6.12. The van der Waals surface area contributed by atoms with Crippen molar-refractivity contribution >= 4 is 34.0 Å². The van der Waals surface area contributed by atoms with Gasteiger partial charge in [0.15, 0.2) is 11.5 Å². The van der Waals surface area contributed by atoms with Crippen molar-refractivity contribution in [3.05, 3.63) is 47.7 Å². The van der Waals surface area contributed by atoms with Gasteiger partial charge >= 0.3 is 0 Å². The predicted octanol–water partition coefficient (Wildman–Crippen LogP) is 3.16. The van der Waals surface area contributed by atoms with Crippen molar-refractivity contribution in [2.24, 2.45) is 0 Å². The van der Waals surface area contributed by atoms with E-state index in [-0.39, 0.29) is 6.10 Å². The van der Waals surface area contributed by atoms with Gasteiger partial charge in [0.05, 0.1) is 19.2 Å². The number of halogens is 1. The lowest BCUT2D eigenvalue weighted by atomic mass is 10.2. The molecule has 0 spiro atoms. The van der Waals surface area contributed by atoms with E-state index in [1.165, 1.54) is 6.33 Å². The minimum absolute atomic E-state index is 0.0800. The fourth-order valence-corrected chi connectivity index (χ4v) is 3.45. The Balaban J connectivity index is 1.48. The number of anilines is 2. The van der Waals surface area contributed by atoms with Crippen LogP contribution in [0, 0.1) is 0 Å². The highest BCUT2D eigenvalue weighted by atomic mass is 35.5. The third-order valence-electron chi connectivity index (χ3n) is 4.69. The summed E-state index contributed by atoms with van der Waals surface area (Å²) in [6.07, 6.45) is 1.35. The van der Waals surface area contributed by atoms with Crippen LogP contribution >= 0.6 is 11.6 Å². The molecule has 1 atom stereocenters. The van der Waals surface area contributed by atoms with Crippen molar-refractivity contribution in [2.45, 2.75) is 6.10 Å². The van der Waals surface area contributed by atoms with Gasteiger partial charge in [-0.05, 0) is 24.3 Å². The molecular weight excluding hydrogens is 380 g/mol. The van der Waals surface area contributed by atoms with E-state index in [4.69, 9.17) is 31.5 Å². The molecular formula is C20H21ClN4O3. The molecule has 0 aliphatic carbocycles. The Hall–Kier alpha value is -2.77. The molecule has 0 saturated carbocycles. The fraction of sp³-hybridized carbons (Fsp3) is 0.300. The third kappa shape index (κ3) is 3.90. The first-order chi connectivity index (χ1) is 13.6. The second-order valence-electron chi connectivity index (χ2n) is 6.51. The molecule has 8 heteroatoms. The summed E-state index contributed by atoms with van der Waals surface area (Å²) in [7, 11) is 1.59. The zero-order chi connectivity index (χ0) is 19.5. The summed E-state index contributed by atoms with van der Waals surface area (Å²) in [6, 6.07) is 11.4. The van der Waals surface area contributed by atoms with Gasteiger partial charge in [-0.25, -0.2) is 9.97 Å². The fourth-order valence-electron chi connectivity index (χ4n) is 3.27. The van der Waals surface area contributed by atoms with Crippen LogP contribution < -0.4 is 20.1 Å². The number of hydrogen-bond donors (Lipinski definition) is 1. The van der Waals surface area contributed by atoms with Gasteiger partial charge in [-0.1, -0.05) is 17.7 Å². The lowest BCUT2D eigenvalue weighted by Crippen LogP contribution is -2.45. The number of hydrogen-bond acceptors (Lipinski definition) is 7. The van der Waals surface area contributed by atoms with E-state index in [1.54, 1.807) is 13.2 Å². The molecule has 28 heavy (non-hydrogen) atoms. The standard InChI is InChI=1S/C20H21ClN4O3/c1-26-18-8-16-17(23-12-24-20(16)22)9-19(18)28-11-15-10-25(5-6-27-15)14-4-2-3-13(21)7-14/h2-4,7-9,12,15H,5-6,10-11H2,1H3,(H2,22,23,24). The first-order valence-electron chi connectivity index (χ1n) is 8.97. The predicted molar refractivity (Wildman–Crippen MR) is 109 cm³/mol. The number of nitrogen functional groups attached to an aromatic ring is 1. The average Bonchev–Trinajstić information content (AvgIpc) is 2.72. The summed E-state index contributed by atoms with van der Waals surface area (Å²) in [4.78, 5) is 10.5. The summed E-state index contributed by atoms with van der Waals surface area (Å²) in [5.74, 6) is 1.58. The van der Waals surface area contributed by atoms with E-state index in [9.17, 15) is 0 Å². The smallest absolute Gasteiger partial charge is 0.163 e. The maximum Gasteiger partial charge on any atom is 0.163 e. The number of methoxy groups -OCH3 is 1. The van der Waals surface area contributed by atoms with Gasteiger partial charge in [0.1, 0.15) is 24.9 Å². The van der Waals surface area contributed by atoms with Gasteiger partial charge in [0, 0.05) is 35.3 Å². The largest absolute Gasteiger partial charge is 0.493 e. The highest BCUT2D eigenvalue weighted by Gasteiger charge is 2.22. The van der Waals surface area contributed by atoms with Crippen molar-refractivity contribution in [3.63, 3.8) is 0 Å². The van der Waals surface area contributed by atoms with Crippen molar-refractivity contribution in [2.75, 3.05) is 44.0 Å². The van der Waals surface area contributed by atoms with E-state index >= 15 is 0 Å². The van der Waals surface area contributed by atoms with Crippen molar-refractivity contribution < 1.29 is 14.2 Å². The van der Waals surface area contributed by atoms with Crippen LogP contribution in [0.15, 0.2) is 42.7 Å². The number of nitrogens with two attached hydrogens (primary N) is 1. The van der Waals surface area contributed by atoms with E-state index < -0.39 is 0 Å². The van der Waals surface area contributed by atoms with Crippen molar-refractivity contribution in [3.8, 4) is 11.5 Å². The van der Waals surface area contributed by atoms with Gasteiger partial charge in [-0.3, -0.25) is 0 Å². The van der Waals surface area contributed by atoms with Crippen molar-refractivity contribution in [1.29, 1.82) is 0 Å². The van der Waals surface area contributed by atoms with E-state index in [0.717, 1.165) is 22.6 Å². The van der Waals surface area contributed by atoms with Crippen LogP contribution in [-0.4, -0.2) is 49.5 Å². The zero-order valence-electron chi connectivity index (χ0n) is 15.5. The third-order valence-corrected chi connectivity index (χ3v) is 4.92. The number of fused-ring (bicyclic) bond motifs is 1. The summed E-state index contributed by atoms with van der Waals surface area (Å²) >= 11 is 6.12. The molecule has 4 rings (SSSR count). The average molecular weight is 401 g/mol. The molecule has 7 nitrogen and oxygen atoms in total. The number of aromatic nitrogens is 2. The Kier molecular flexibility index (Phi) is 5.36. The molecule has 1 saturated heterocycles. The van der Waals surface area contributed by atoms with E-state index in [2.05, 4.69) is 14.9 Å². The first kappa shape index (κ1) is 18.6. The second-order valence-corrected chi connectivity index (χ2v) is 6.95. The highest BCUT2D eigenvalue weighted by molar-refractivity contribution is 6.30. The van der Waals surface area contributed by atoms with Gasteiger partial charge in [-0.15, -0.1) is 0 Å². The minimum Gasteiger partial charge on any atom is -0.493 e. The van der Waals surface area contributed by atoms with Gasteiger partial charge < -0.3 is 24.8 Å². The molecule has 1 unspecified atom stereocenters. The van der Waals surface area contributed by atoms with Crippen LogP contribution in [-0.2, 0) is 4.74 Å². The number of rotatable bonds is 5. The molecule has 2 heterocycles. The maximum atomic E-state index is 6.12. The summed E-state index contributed by atoms with van der Waals surface area (Å²) in [5.41, 5.74) is 7.70. The van der Waals surface area contributed by atoms with E-state index in [0.29, 0.717) is 42.6 Å². The molecule has 2 N–H and O–H groups in total. The van der Waals surface area contributed by atoms with Crippen LogP contribution in [0.2, 0.25) is 5.02 Å². The van der Waals surface area contributed by atoms with Crippen LogP contribution in [0.1, 0.15) is 0 Å². The Morgan fingerprint density at radius 1 is 1.25 bits per heavy atom. The highest BCUT2D eigenvalue weighted by Crippen LogP contribution is 2.33.